The minimum absolute atomic E-state index is 0.00251. The van der Waals surface area contributed by atoms with E-state index in [9.17, 15) is 14.9 Å². The van der Waals surface area contributed by atoms with Crippen molar-refractivity contribution in [1.29, 1.82) is 0 Å². The molecular weight excluding hydrogens is 456 g/mol. The van der Waals surface area contributed by atoms with Crippen molar-refractivity contribution in [3.8, 4) is 0 Å². The van der Waals surface area contributed by atoms with Crippen molar-refractivity contribution in [3.05, 3.63) is 99.6 Å². The highest BCUT2D eigenvalue weighted by molar-refractivity contribution is 8.00. The second kappa shape index (κ2) is 8.84. The molecule has 0 saturated heterocycles. The monoisotopic (exact) mass is 478 g/mol. The molecule has 0 amide bonds. The van der Waals surface area contributed by atoms with Crippen molar-refractivity contribution >= 4 is 40.5 Å². The van der Waals surface area contributed by atoms with Crippen molar-refractivity contribution in [2.75, 3.05) is 5.32 Å². The van der Waals surface area contributed by atoms with E-state index >= 15 is 0 Å². The lowest BCUT2D eigenvalue weighted by Crippen LogP contribution is -2.31. The van der Waals surface area contributed by atoms with E-state index in [-0.39, 0.29) is 44.9 Å². The Morgan fingerprint density at radius 1 is 1.09 bits per heavy atom. The first-order valence-corrected chi connectivity index (χ1v) is 12.3. The lowest BCUT2D eigenvalue weighted by Gasteiger charge is -2.38. The van der Waals surface area contributed by atoms with Gasteiger partial charge in [-0.3, -0.25) is 14.9 Å². The standard InChI is InChI=1S/C26H23ClN2O3S/c1-15(30)17-11-12-20-18(13-17)24-19(26(28-20)16-7-3-2-4-8-16)14-23(25(24)27)33-22-10-6-5-9-21(22)29(31)32/h2-13,19,23-26,28H,14H2,1H3/t19-,23+,24+,25+,26+/m1/s1. The van der Waals surface area contributed by atoms with Gasteiger partial charge in [0.15, 0.2) is 5.78 Å². The number of thioether (sulfide) groups is 1. The van der Waals surface area contributed by atoms with Crippen molar-refractivity contribution in [2.45, 2.75) is 40.8 Å². The number of fused-ring (bicyclic) bond motifs is 3. The number of nitro groups is 1. The third-order valence-corrected chi connectivity index (χ3v) is 8.83. The molecule has 3 aromatic carbocycles. The third-order valence-electron chi connectivity index (χ3n) is 6.72. The Kier molecular flexibility index (Phi) is 5.89. The van der Waals surface area contributed by atoms with E-state index in [0.29, 0.717) is 10.5 Å². The largest absolute Gasteiger partial charge is 0.378 e. The molecule has 168 valence electrons. The fourth-order valence-electron chi connectivity index (χ4n) is 5.20. The molecule has 1 N–H and O–H groups in total. The van der Waals surface area contributed by atoms with Gasteiger partial charge in [-0.2, -0.15) is 0 Å². The van der Waals surface area contributed by atoms with E-state index < -0.39 is 0 Å². The SMILES string of the molecule is CC(=O)c1ccc2c(c1)[C@@H]1[C@@H](Cl)[C@@H](Sc3ccccc3[N+](=O)[O-])C[C@H]1[C@H](c1ccccc1)N2. The summed E-state index contributed by atoms with van der Waals surface area (Å²) in [5, 5.41) is 15.0. The van der Waals surface area contributed by atoms with Gasteiger partial charge in [0.2, 0.25) is 0 Å². The highest BCUT2D eigenvalue weighted by Gasteiger charge is 2.50. The van der Waals surface area contributed by atoms with Gasteiger partial charge < -0.3 is 5.32 Å². The minimum atomic E-state index is -0.337. The lowest BCUT2D eigenvalue weighted by atomic mass is 9.76. The molecule has 0 unspecified atom stereocenters. The zero-order valence-electron chi connectivity index (χ0n) is 18.0. The Morgan fingerprint density at radius 2 is 1.82 bits per heavy atom. The molecule has 1 aliphatic heterocycles. The fraction of sp³-hybridized carbons (Fsp3) is 0.269. The molecule has 5 nitrogen and oxygen atoms in total. The summed E-state index contributed by atoms with van der Waals surface area (Å²) in [6.07, 6.45) is 0.811. The van der Waals surface area contributed by atoms with Gasteiger partial charge in [0.25, 0.3) is 5.69 Å². The number of hydrogen-bond donors (Lipinski definition) is 1. The van der Waals surface area contributed by atoms with Crippen LogP contribution in [0.1, 0.15) is 46.8 Å². The molecular formula is C26H23ClN2O3S. The highest BCUT2D eigenvalue weighted by Crippen LogP contribution is 2.58. The van der Waals surface area contributed by atoms with E-state index in [2.05, 4.69) is 17.4 Å². The molecule has 0 aromatic heterocycles. The minimum Gasteiger partial charge on any atom is -0.378 e. The van der Waals surface area contributed by atoms with Gasteiger partial charge >= 0.3 is 0 Å². The van der Waals surface area contributed by atoms with Crippen molar-refractivity contribution in [1.82, 2.24) is 0 Å². The Hall–Kier alpha value is -2.83. The molecule has 0 spiro atoms. The van der Waals surface area contributed by atoms with Crippen molar-refractivity contribution in [3.63, 3.8) is 0 Å². The van der Waals surface area contributed by atoms with Gasteiger partial charge in [-0.1, -0.05) is 42.5 Å². The third kappa shape index (κ3) is 4.02. The second-order valence-electron chi connectivity index (χ2n) is 8.64. The first-order valence-electron chi connectivity index (χ1n) is 10.9. The summed E-state index contributed by atoms with van der Waals surface area (Å²) in [4.78, 5) is 23.9. The van der Waals surface area contributed by atoms with E-state index in [1.54, 1.807) is 19.1 Å². The number of halogens is 1. The smallest absolute Gasteiger partial charge is 0.282 e. The van der Waals surface area contributed by atoms with E-state index in [0.717, 1.165) is 17.7 Å². The zero-order chi connectivity index (χ0) is 23.1. The Labute approximate surface area is 201 Å². The summed E-state index contributed by atoms with van der Waals surface area (Å²) >= 11 is 8.64. The lowest BCUT2D eigenvalue weighted by molar-refractivity contribution is -0.387. The van der Waals surface area contributed by atoms with Crippen LogP contribution in [0.5, 0.6) is 0 Å². The van der Waals surface area contributed by atoms with Crippen molar-refractivity contribution in [2.24, 2.45) is 5.92 Å². The number of nitrogens with one attached hydrogen (secondary N) is 1. The predicted octanol–water partition coefficient (Wildman–Crippen LogP) is 6.84. The number of nitro benzene ring substituents is 1. The number of nitrogens with zero attached hydrogens (tertiary/aromatic N) is 1. The van der Waals surface area contributed by atoms with Crippen LogP contribution in [-0.4, -0.2) is 21.3 Å². The van der Waals surface area contributed by atoms with Gasteiger partial charge in [-0.15, -0.1) is 23.4 Å². The van der Waals surface area contributed by atoms with Crippen LogP contribution in [-0.2, 0) is 0 Å². The molecule has 33 heavy (non-hydrogen) atoms. The van der Waals surface area contributed by atoms with Gasteiger partial charge in [0.05, 0.1) is 21.2 Å². The molecule has 1 aliphatic carbocycles. The average Bonchev–Trinajstić information content (AvgIpc) is 3.15. The number of para-hydroxylation sites is 1. The maximum absolute atomic E-state index is 12.1. The van der Waals surface area contributed by atoms with E-state index in [1.165, 1.54) is 23.4 Å². The fourth-order valence-corrected chi connectivity index (χ4v) is 7.14. The summed E-state index contributed by atoms with van der Waals surface area (Å²) in [6.45, 7) is 1.57. The average molecular weight is 479 g/mol. The first-order chi connectivity index (χ1) is 15.9. The molecule has 5 atom stereocenters. The number of rotatable bonds is 5. The summed E-state index contributed by atoms with van der Waals surface area (Å²) in [5.74, 6) is 0.257. The van der Waals surface area contributed by atoms with Gasteiger partial charge in [-0.25, -0.2) is 0 Å². The summed E-state index contributed by atoms with van der Waals surface area (Å²) < 4.78 is 0. The van der Waals surface area contributed by atoms with E-state index in [4.69, 9.17) is 11.6 Å². The first kappa shape index (κ1) is 22.0. The number of benzene rings is 3. The number of carbonyl (C=O) groups is 1. The van der Waals surface area contributed by atoms with Crippen LogP contribution < -0.4 is 5.32 Å². The molecule has 1 heterocycles. The topological polar surface area (TPSA) is 72.2 Å². The van der Waals surface area contributed by atoms with Crippen LogP contribution in [0, 0.1) is 16.0 Å². The van der Waals surface area contributed by atoms with Crippen LogP contribution in [0.15, 0.2) is 77.7 Å². The highest BCUT2D eigenvalue weighted by atomic mass is 35.5. The molecule has 3 aromatic rings. The van der Waals surface area contributed by atoms with Crippen LogP contribution >= 0.6 is 23.4 Å². The number of hydrogen-bond acceptors (Lipinski definition) is 5. The molecule has 1 saturated carbocycles. The maximum atomic E-state index is 12.1. The van der Waals surface area contributed by atoms with Crippen LogP contribution in [0.4, 0.5) is 11.4 Å². The summed E-state index contributed by atoms with van der Waals surface area (Å²) in [7, 11) is 0. The number of alkyl halides is 1. The van der Waals surface area contributed by atoms with Gasteiger partial charge in [0.1, 0.15) is 0 Å². The summed E-state index contributed by atoms with van der Waals surface area (Å²) in [6, 6.07) is 23.0. The van der Waals surface area contributed by atoms with Crippen LogP contribution in [0.25, 0.3) is 0 Å². The zero-order valence-corrected chi connectivity index (χ0v) is 19.6. The number of anilines is 1. The van der Waals surface area contributed by atoms with Gasteiger partial charge in [-0.05, 0) is 54.7 Å². The Bertz CT molecular complexity index is 1220. The van der Waals surface area contributed by atoms with E-state index in [1.807, 2.05) is 42.5 Å². The normalized spacial score (nSPS) is 25.6. The van der Waals surface area contributed by atoms with Crippen LogP contribution in [0.2, 0.25) is 0 Å². The molecule has 0 bridgehead atoms. The molecule has 1 fully saturated rings. The van der Waals surface area contributed by atoms with Gasteiger partial charge in [0, 0.05) is 28.5 Å². The van der Waals surface area contributed by atoms with Crippen LogP contribution in [0.3, 0.4) is 0 Å². The molecule has 2 aliphatic rings. The quantitative estimate of drug-likeness (QED) is 0.188. The predicted molar refractivity (Wildman–Crippen MR) is 132 cm³/mol. The Morgan fingerprint density at radius 3 is 2.55 bits per heavy atom. The number of ketones is 1. The summed E-state index contributed by atoms with van der Waals surface area (Å²) in [5.41, 5.74) is 4.03. The van der Waals surface area contributed by atoms with Crippen molar-refractivity contribution < 1.29 is 9.72 Å². The molecule has 7 heteroatoms. The maximum Gasteiger partial charge on any atom is 0.282 e. The Balaban J connectivity index is 1.55. The number of Topliss-reactive ketones (excluding diaryl/α,β-unsaturated/α-hetero) is 1. The number of carbonyl (C=O) groups excluding carboxylic acids is 1. The second-order valence-corrected chi connectivity index (χ2v) is 10.4. The molecule has 5 rings (SSSR count). The molecule has 0 radical (unpaired) electrons.